The van der Waals surface area contributed by atoms with Gasteiger partial charge in [0, 0.05) is 24.4 Å². The highest BCUT2D eigenvalue weighted by atomic mass is 35.5. The normalized spacial score (nSPS) is 16.8. The fraction of sp³-hybridized carbons (Fsp3) is 0.500. The van der Waals surface area contributed by atoms with Gasteiger partial charge in [0.1, 0.15) is 6.04 Å². The summed E-state index contributed by atoms with van der Waals surface area (Å²) in [5, 5.41) is 6.25. The van der Waals surface area contributed by atoms with Gasteiger partial charge in [0.15, 0.2) is 0 Å². The van der Waals surface area contributed by atoms with E-state index in [-0.39, 0.29) is 30.3 Å². The Balaban J connectivity index is 0.00000264. The predicted octanol–water partition coefficient (Wildman–Crippen LogP) is 2.47. The zero-order chi connectivity index (χ0) is 15.9. The first-order chi connectivity index (χ1) is 10.7. The van der Waals surface area contributed by atoms with Gasteiger partial charge in [0.05, 0.1) is 5.88 Å². The topological polar surface area (TPSA) is 61.4 Å². The Morgan fingerprint density at radius 2 is 2.04 bits per heavy atom. The molecule has 7 heteroatoms. The smallest absolute Gasteiger partial charge is 0.248 e. The zero-order valence-electron chi connectivity index (χ0n) is 13.5. The van der Waals surface area contributed by atoms with Crippen LogP contribution in [-0.2, 0) is 16.1 Å². The van der Waals surface area contributed by atoms with Crippen LogP contribution in [0.1, 0.15) is 25.8 Å². The number of carbonyl (C=O) groups is 2. The van der Waals surface area contributed by atoms with Crippen LogP contribution >= 0.6 is 24.2 Å². The zero-order valence-corrected chi connectivity index (χ0v) is 15.1. The van der Waals surface area contributed by atoms with Gasteiger partial charge in [-0.05, 0) is 18.2 Å². The van der Waals surface area contributed by atoms with E-state index in [1.165, 1.54) is 0 Å². The maximum atomic E-state index is 12.5. The molecule has 2 N–H and O–H groups in total. The van der Waals surface area contributed by atoms with Crippen molar-refractivity contribution in [1.82, 2.24) is 10.2 Å². The Kier molecular flexibility index (Phi) is 8.44. The first-order valence-corrected chi connectivity index (χ1v) is 8.79. The summed E-state index contributed by atoms with van der Waals surface area (Å²) >= 11 is 1.62. The average molecular weight is 358 g/mol. The molecule has 2 rings (SSSR count). The van der Waals surface area contributed by atoms with Crippen molar-refractivity contribution in [2.24, 2.45) is 0 Å². The van der Waals surface area contributed by atoms with Crippen LogP contribution in [0.3, 0.4) is 0 Å². The van der Waals surface area contributed by atoms with Gasteiger partial charge in [-0.1, -0.05) is 32.0 Å². The third kappa shape index (κ3) is 5.12. The number of amides is 2. The van der Waals surface area contributed by atoms with Crippen molar-refractivity contribution in [2.75, 3.05) is 23.5 Å². The van der Waals surface area contributed by atoms with Crippen LogP contribution in [0.15, 0.2) is 24.3 Å². The molecule has 1 aromatic rings. The van der Waals surface area contributed by atoms with E-state index in [2.05, 4.69) is 10.6 Å². The molecule has 0 saturated carbocycles. The van der Waals surface area contributed by atoms with Gasteiger partial charge in [-0.25, -0.2) is 0 Å². The lowest BCUT2D eigenvalue weighted by atomic mass is 10.1. The summed E-state index contributed by atoms with van der Waals surface area (Å²) < 4.78 is 0. The molecule has 0 radical (unpaired) electrons. The molecule has 0 aliphatic carbocycles. The van der Waals surface area contributed by atoms with Crippen molar-refractivity contribution in [2.45, 2.75) is 32.9 Å². The number of carbonyl (C=O) groups excluding carboxylic acids is 2. The average Bonchev–Trinajstić information content (AvgIpc) is 3.03. The SMILES string of the molecule is CCNCc1ccccc1NC(=O)C1CSCN1C(=O)CC.Cl. The maximum absolute atomic E-state index is 12.5. The number of hydrogen-bond donors (Lipinski definition) is 2. The van der Waals surface area contributed by atoms with E-state index in [4.69, 9.17) is 0 Å². The molecule has 1 saturated heterocycles. The highest BCUT2D eigenvalue weighted by Gasteiger charge is 2.33. The van der Waals surface area contributed by atoms with Crippen molar-refractivity contribution in [1.29, 1.82) is 0 Å². The Bertz CT molecular complexity index is 542. The predicted molar refractivity (Wildman–Crippen MR) is 98.0 cm³/mol. The molecule has 1 atom stereocenters. The van der Waals surface area contributed by atoms with E-state index >= 15 is 0 Å². The van der Waals surface area contributed by atoms with Crippen molar-refractivity contribution >= 4 is 41.7 Å². The van der Waals surface area contributed by atoms with Gasteiger partial charge in [0.2, 0.25) is 11.8 Å². The van der Waals surface area contributed by atoms with Gasteiger partial charge in [-0.15, -0.1) is 24.2 Å². The lowest BCUT2D eigenvalue weighted by molar-refractivity contribution is -0.135. The second kappa shape index (κ2) is 9.80. The fourth-order valence-corrected chi connectivity index (χ4v) is 3.56. The first kappa shape index (κ1) is 19.8. The van der Waals surface area contributed by atoms with E-state index in [1.807, 2.05) is 38.1 Å². The fourth-order valence-electron chi connectivity index (χ4n) is 2.38. The quantitative estimate of drug-likeness (QED) is 0.821. The number of anilines is 1. The minimum atomic E-state index is -0.371. The molecule has 0 spiro atoms. The van der Waals surface area contributed by atoms with Gasteiger partial charge >= 0.3 is 0 Å². The van der Waals surface area contributed by atoms with E-state index in [0.717, 1.165) is 17.8 Å². The molecule has 0 bridgehead atoms. The summed E-state index contributed by atoms with van der Waals surface area (Å²) in [6, 6.07) is 7.39. The van der Waals surface area contributed by atoms with Crippen LogP contribution in [-0.4, -0.2) is 40.9 Å². The van der Waals surface area contributed by atoms with Gasteiger partial charge in [0.25, 0.3) is 0 Å². The molecular weight excluding hydrogens is 334 g/mol. The largest absolute Gasteiger partial charge is 0.324 e. The minimum Gasteiger partial charge on any atom is -0.324 e. The van der Waals surface area contributed by atoms with Crippen LogP contribution in [0.5, 0.6) is 0 Å². The van der Waals surface area contributed by atoms with Crippen molar-refractivity contribution in [3.63, 3.8) is 0 Å². The molecule has 23 heavy (non-hydrogen) atoms. The molecule has 1 aromatic carbocycles. The summed E-state index contributed by atoms with van der Waals surface area (Å²) in [4.78, 5) is 26.1. The molecule has 1 fully saturated rings. The molecule has 5 nitrogen and oxygen atoms in total. The number of benzene rings is 1. The lowest BCUT2D eigenvalue weighted by Crippen LogP contribution is -2.44. The number of hydrogen-bond acceptors (Lipinski definition) is 4. The summed E-state index contributed by atoms with van der Waals surface area (Å²) in [6.45, 7) is 5.46. The van der Waals surface area contributed by atoms with Crippen LogP contribution in [0.2, 0.25) is 0 Å². The molecule has 128 valence electrons. The summed E-state index contributed by atoms with van der Waals surface area (Å²) in [7, 11) is 0. The van der Waals surface area contributed by atoms with Gasteiger partial charge in [-0.2, -0.15) is 0 Å². The van der Waals surface area contributed by atoms with E-state index < -0.39 is 0 Å². The Hall–Kier alpha value is -1.24. The monoisotopic (exact) mass is 357 g/mol. The minimum absolute atomic E-state index is 0. The third-order valence-electron chi connectivity index (χ3n) is 3.65. The standard InChI is InChI=1S/C16H23N3O2S.ClH/c1-3-15(20)19-11-22-10-14(19)16(21)18-13-8-6-5-7-12(13)9-17-4-2;/h5-8,14,17H,3-4,9-11H2,1-2H3,(H,18,21);1H. The molecule has 0 aromatic heterocycles. The molecule has 1 aliphatic heterocycles. The summed E-state index contributed by atoms with van der Waals surface area (Å²) in [6.07, 6.45) is 0.432. The van der Waals surface area contributed by atoms with Gasteiger partial charge < -0.3 is 15.5 Å². The Morgan fingerprint density at radius 3 is 2.74 bits per heavy atom. The van der Waals surface area contributed by atoms with Crippen molar-refractivity contribution in [3.8, 4) is 0 Å². The molecular formula is C16H24ClN3O2S. The van der Waals surface area contributed by atoms with Crippen molar-refractivity contribution < 1.29 is 9.59 Å². The number of para-hydroxylation sites is 1. The Labute approximate surface area is 148 Å². The van der Waals surface area contributed by atoms with Crippen molar-refractivity contribution in [3.05, 3.63) is 29.8 Å². The van der Waals surface area contributed by atoms with E-state index in [1.54, 1.807) is 16.7 Å². The third-order valence-corrected chi connectivity index (χ3v) is 4.66. The second-order valence-corrected chi connectivity index (χ2v) is 6.16. The van der Waals surface area contributed by atoms with Crippen LogP contribution in [0.4, 0.5) is 5.69 Å². The van der Waals surface area contributed by atoms with E-state index in [9.17, 15) is 9.59 Å². The summed E-state index contributed by atoms with van der Waals surface area (Å²) in [5.41, 5.74) is 1.87. The number of nitrogens with zero attached hydrogens (tertiary/aromatic N) is 1. The van der Waals surface area contributed by atoms with Crippen LogP contribution in [0, 0.1) is 0 Å². The van der Waals surface area contributed by atoms with E-state index in [0.29, 0.717) is 24.6 Å². The maximum Gasteiger partial charge on any atom is 0.248 e. The molecule has 1 aliphatic rings. The number of nitrogens with one attached hydrogen (secondary N) is 2. The Morgan fingerprint density at radius 1 is 1.30 bits per heavy atom. The lowest BCUT2D eigenvalue weighted by Gasteiger charge is -2.23. The van der Waals surface area contributed by atoms with Crippen LogP contribution < -0.4 is 10.6 Å². The first-order valence-electron chi connectivity index (χ1n) is 7.64. The highest BCUT2D eigenvalue weighted by Crippen LogP contribution is 2.24. The molecule has 1 unspecified atom stereocenters. The van der Waals surface area contributed by atoms with Crippen LogP contribution in [0.25, 0.3) is 0 Å². The van der Waals surface area contributed by atoms with Gasteiger partial charge in [-0.3, -0.25) is 9.59 Å². The number of thioether (sulfide) groups is 1. The molecule has 2 amide bonds. The molecule has 1 heterocycles. The number of rotatable bonds is 6. The number of halogens is 1. The second-order valence-electron chi connectivity index (χ2n) is 5.16. The highest BCUT2D eigenvalue weighted by molar-refractivity contribution is 7.99. The summed E-state index contributed by atoms with van der Waals surface area (Å²) in [5.74, 6) is 1.19.